The number of nitrogens with one attached hydrogen (secondary N) is 1. The van der Waals surface area contributed by atoms with Gasteiger partial charge in [-0.1, -0.05) is 6.07 Å². The van der Waals surface area contributed by atoms with Crippen molar-refractivity contribution in [2.24, 2.45) is 5.92 Å². The molecule has 2 atom stereocenters. The molecule has 1 aromatic heterocycles. The fourth-order valence-corrected chi connectivity index (χ4v) is 5.69. The molecule has 2 aromatic rings. The minimum atomic E-state index is -3.66. The maximum Gasteiger partial charge on any atom is 0.257 e. The second kappa shape index (κ2) is 7.64. The molecule has 154 valence electrons. The van der Waals surface area contributed by atoms with E-state index in [0.29, 0.717) is 25.4 Å². The van der Waals surface area contributed by atoms with Gasteiger partial charge < -0.3 is 14.6 Å². The van der Waals surface area contributed by atoms with Gasteiger partial charge in [-0.05, 0) is 42.7 Å². The standard InChI is InChI=1S/C20H23N3O5S/c1-21-19(24)13-28-16-5-7-17(8-6-16)29(26,27)22-10-14-9-15(12-22)18-3-2-4-20(25)23(18)11-14/h2-8,14-15H,9-13H2,1H3,(H,21,24)/t14-,15+/m1/s1. The van der Waals surface area contributed by atoms with Crippen LogP contribution in [0.25, 0.3) is 0 Å². The van der Waals surface area contributed by atoms with Crippen LogP contribution in [0.15, 0.2) is 52.2 Å². The molecule has 0 aliphatic carbocycles. The van der Waals surface area contributed by atoms with Gasteiger partial charge in [-0.2, -0.15) is 4.31 Å². The maximum absolute atomic E-state index is 13.2. The average molecular weight is 417 g/mol. The number of sulfonamides is 1. The summed E-state index contributed by atoms with van der Waals surface area (Å²) >= 11 is 0. The Morgan fingerprint density at radius 3 is 2.62 bits per heavy atom. The van der Waals surface area contributed by atoms with Crippen molar-refractivity contribution in [3.63, 3.8) is 0 Å². The number of rotatable bonds is 5. The molecule has 29 heavy (non-hydrogen) atoms. The summed E-state index contributed by atoms with van der Waals surface area (Å²) in [6.45, 7) is 1.17. The number of pyridine rings is 1. The third-order valence-electron chi connectivity index (χ3n) is 5.56. The second-order valence-electron chi connectivity index (χ2n) is 7.45. The summed E-state index contributed by atoms with van der Waals surface area (Å²) in [6, 6.07) is 11.3. The van der Waals surface area contributed by atoms with Crippen molar-refractivity contribution in [1.82, 2.24) is 14.2 Å². The Balaban J connectivity index is 1.53. The van der Waals surface area contributed by atoms with E-state index in [-0.39, 0.29) is 34.8 Å². The minimum Gasteiger partial charge on any atom is -0.484 e. The molecule has 9 heteroatoms. The Labute approximate surface area is 169 Å². The van der Waals surface area contributed by atoms with Crippen molar-refractivity contribution in [2.75, 3.05) is 26.7 Å². The lowest BCUT2D eigenvalue weighted by molar-refractivity contribution is -0.122. The predicted octanol–water partition coefficient (Wildman–Crippen LogP) is 0.781. The Morgan fingerprint density at radius 1 is 1.14 bits per heavy atom. The maximum atomic E-state index is 13.2. The molecule has 0 unspecified atom stereocenters. The lowest BCUT2D eigenvalue weighted by Crippen LogP contribution is -2.48. The van der Waals surface area contributed by atoms with Gasteiger partial charge in [-0.25, -0.2) is 8.42 Å². The Hall–Kier alpha value is -2.65. The molecule has 0 spiro atoms. The fourth-order valence-electron chi connectivity index (χ4n) is 4.13. The lowest BCUT2D eigenvalue weighted by atomic mass is 9.84. The number of ether oxygens (including phenoxy) is 1. The third-order valence-corrected chi connectivity index (χ3v) is 7.40. The first-order valence-electron chi connectivity index (χ1n) is 9.52. The fraction of sp³-hybridized carbons (Fsp3) is 0.400. The van der Waals surface area contributed by atoms with E-state index in [1.807, 2.05) is 6.07 Å². The smallest absolute Gasteiger partial charge is 0.257 e. The number of nitrogens with zero attached hydrogens (tertiary/aromatic N) is 2. The molecule has 4 rings (SSSR count). The molecule has 1 fully saturated rings. The van der Waals surface area contributed by atoms with Crippen molar-refractivity contribution < 1.29 is 17.9 Å². The summed E-state index contributed by atoms with van der Waals surface area (Å²) in [5.74, 6) is 0.296. The van der Waals surface area contributed by atoms with Crippen LogP contribution in [0.5, 0.6) is 5.75 Å². The molecular weight excluding hydrogens is 394 g/mol. The molecule has 3 heterocycles. The van der Waals surface area contributed by atoms with Crippen LogP contribution in [0.1, 0.15) is 18.0 Å². The molecule has 1 amide bonds. The number of aromatic nitrogens is 1. The predicted molar refractivity (Wildman–Crippen MR) is 106 cm³/mol. The largest absolute Gasteiger partial charge is 0.484 e. The summed E-state index contributed by atoms with van der Waals surface area (Å²) < 4.78 is 35.0. The molecule has 2 aliphatic rings. The molecule has 1 N–H and O–H groups in total. The van der Waals surface area contributed by atoms with Crippen LogP contribution in [-0.2, 0) is 21.4 Å². The molecule has 8 nitrogen and oxygen atoms in total. The Morgan fingerprint density at radius 2 is 1.90 bits per heavy atom. The molecule has 0 saturated carbocycles. The minimum absolute atomic E-state index is 0.0151. The van der Waals surface area contributed by atoms with E-state index in [4.69, 9.17) is 4.74 Å². The van der Waals surface area contributed by atoms with Crippen LogP contribution >= 0.6 is 0 Å². The van der Waals surface area contributed by atoms with Crippen LogP contribution in [0.3, 0.4) is 0 Å². The highest BCUT2D eigenvalue weighted by Crippen LogP contribution is 2.37. The summed E-state index contributed by atoms with van der Waals surface area (Å²) in [5, 5.41) is 2.46. The van der Waals surface area contributed by atoms with Crippen molar-refractivity contribution in [3.8, 4) is 5.75 Å². The molecule has 0 radical (unpaired) electrons. The van der Waals surface area contributed by atoms with Gasteiger partial charge in [-0.15, -0.1) is 0 Å². The van der Waals surface area contributed by atoms with E-state index in [1.54, 1.807) is 28.8 Å². The first-order valence-corrected chi connectivity index (χ1v) is 11.0. The van der Waals surface area contributed by atoms with Crippen molar-refractivity contribution >= 4 is 15.9 Å². The number of carbonyl (C=O) groups excluding carboxylic acids is 1. The van der Waals surface area contributed by atoms with E-state index in [2.05, 4.69) is 5.32 Å². The van der Waals surface area contributed by atoms with Crippen LogP contribution in [0, 0.1) is 5.92 Å². The number of fused-ring (bicyclic) bond motifs is 4. The number of carbonyl (C=O) groups is 1. The zero-order chi connectivity index (χ0) is 20.6. The van der Waals surface area contributed by atoms with Crippen molar-refractivity contribution in [3.05, 3.63) is 58.5 Å². The quantitative estimate of drug-likeness (QED) is 0.775. The van der Waals surface area contributed by atoms with E-state index in [9.17, 15) is 18.0 Å². The van der Waals surface area contributed by atoms with E-state index < -0.39 is 10.0 Å². The van der Waals surface area contributed by atoms with E-state index in [1.165, 1.54) is 23.5 Å². The zero-order valence-electron chi connectivity index (χ0n) is 16.1. The summed E-state index contributed by atoms with van der Waals surface area (Å²) in [6.07, 6.45) is 0.891. The van der Waals surface area contributed by atoms with Crippen LogP contribution in [-0.4, -0.2) is 49.9 Å². The van der Waals surface area contributed by atoms with E-state index in [0.717, 1.165) is 12.1 Å². The van der Waals surface area contributed by atoms with Gasteiger partial charge in [0.25, 0.3) is 11.5 Å². The van der Waals surface area contributed by atoms with Gasteiger partial charge in [0.05, 0.1) is 4.90 Å². The molecule has 2 bridgehead atoms. The third kappa shape index (κ3) is 3.79. The number of likely N-dealkylation sites (N-methyl/N-ethyl adjacent to an activating group) is 1. The molecular formula is C20H23N3O5S. The SMILES string of the molecule is CNC(=O)COc1ccc(S(=O)(=O)N2C[C@H]3C[C@@H](C2)c2cccc(=O)n2C3)cc1. The van der Waals surface area contributed by atoms with Crippen LogP contribution in [0.2, 0.25) is 0 Å². The normalized spacial score (nSPS) is 21.3. The molecule has 1 aromatic carbocycles. The molecule has 2 aliphatic heterocycles. The summed E-state index contributed by atoms with van der Waals surface area (Å²) in [7, 11) is -2.14. The number of hydrogen-bond donors (Lipinski definition) is 1. The van der Waals surface area contributed by atoms with Gasteiger partial charge >= 0.3 is 0 Å². The van der Waals surface area contributed by atoms with Crippen LogP contribution < -0.4 is 15.6 Å². The number of hydrogen-bond acceptors (Lipinski definition) is 5. The summed E-state index contributed by atoms with van der Waals surface area (Å²) in [4.78, 5) is 23.6. The summed E-state index contributed by atoms with van der Waals surface area (Å²) in [5.41, 5.74) is 0.882. The average Bonchev–Trinajstić information content (AvgIpc) is 2.73. The second-order valence-corrected chi connectivity index (χ2v) is 9.39. The number of amides is 1. The van der Waals surface area contributed by atoms with Crippen LogP contribution in [0.4, 0.5) is 0 Å². The molecule has 1 saturated heterocycles. The highest BCUT2D eigenvalue weighted by molar-refractivity contribution is 7.89. The van der Waals surface area contributed by atoms with Gasteiger partial charge in [0.15, 0.2) is 6.61 Å². The van der Waals surface area contributed by atoms with Gasteiger partial charge in [0.1, 0.15) is 5.75 Å². The highest BCUT2D eigenvalue weighted by Gasteiger charge is 2.39. The van der Waals surface area contributed by atoms with Gasteiger partial charge in [0.2, 0.25) is 10.0 Å². The number of benzene rings is 1. The zero-order valence-corrected chi connectivity index (χ0v) is 16.9. The van der Waals surface area contributed by atoms with Crippen molar-refractivity contribution in [1.29, 1.82) is 0 Å². The van der Waals surface area contributed by atoms with Gasteiger partial charge in [-0.3, -0.25) is 9.59 Å². The Bertz CT molecular complexity index is 1080. The Kier molecular flexibility index (Phi) is 5.18. The monoisotopic (exact) mass is 417 g/mol. The van der Waals surface area contributed by atoms with E-state index >= 15 is 0 Å². The van der Waals surface area contributed by atoms with Gasteiger partial charge in [0, 0.05) is 44.4 Å². The lowest BCUT2D eigenvalue weighted by Gasteiger charge is -2.42. The topological polar surface area (TPSA) is 97.7 Å². The number of piperidine rings is 1. The highest BCUT2D eigenvalue weighted by atomic mass is 32.2. The first kappa shape index (κ1) is 19.7. The van der Waals surface area contributed by atoms with Crippen molar-refractivity contribution in [2.45, 2.75) is 23.8 Å². The first-order chi connectivity index (χ1) is 13.9.